The number of hydrogen-bond donors (Lipinski definition) is 0. The first-order valence-electron chi connectivity index (χ1n) is 8.39. The molecule has 2 nitrogen and oxygen atoms in total. The Labute approximate surface area is 149 Å². The molecule has 1 unspecified atom stereocenters. The lowest BCUT2D eigenvalue weighted by Crippen LogP contribution is -2.05. The van der Waals surface area contributed by atoms with Crippen LogP contribution in [-0.4, -0.2) is 4.98 Å². The summed E-state index contributed by atoms with van der Waals surface area (Å²) >= 11 is 0. The summed E-state index contributed by atoms with van der Waals surface area (Å²) in [5, 5.41) is 0. The zero-order chi connectivity index (χ0) is 18.1. The van der Waals surface area contributed by atoms with E-state index in [1.54, 1.807) is 0 Å². The maximum absolute atomic E-state index is 12.6. The number of hydrogen-bond acceptors (Lipinski definition) is 2. The SMILES string of the molecule is FC(F)(F)c1ccc(Oc2ccc(C3C=CC4=C3C=CCC4)cc2)nc1. The van der Waals surface area contributed by atoms with Crippen LogP contribution in [0.15, 0.2) is 78.0 Å². The summed E-state index contributed by atoms with van der Waals surface area (Å²) in [5.41, 5.74) is 3.10. The summed E-state index contributed by atoms with van der Waals surface area (Å²) in [6.07, 6.45) is 7.34. The zero-order valence-corrected chi connectivity index (χ0v) is 13.8. The van der Waals surface area contributed by atoms with Crippen molar-refractivity contribution in [1.29, 1.82) is 0 Å². The summed E-state index contributed by atoms with van der Waals surface area (Å²) < 4.78 is 43.2. The van der Waals surface area contributed by atoms with Crippen molar-refractivity contribution in [3.8, 4) is 11.6 Å². The lowest BCUT2D eigenvalue weighted by molar-refractivity contribution is -0.137. The molecule has 26 heavy (non-hydrogen) atoms. The van der Waals surface area contributed by atoms with Gasteiger partial charge in [-0.3, -0.25) is 0 Å². The Morgan fingerprint density at radius 3 is 2.50 bits per heavy atom. The highest BCUT2D eigenvalue weighted by Gasteiger charge is 2.30. The molecule has 0 spiro atoms. The van der Waals surface area contributed by atoms with Crippen molar-refractivity contribution < 1.29 is 17.9 Å². The van der Waals surface area contributed by atoms with Gasteiger partial charge in [-0.15, -0.1) is 0 Å². The van der Waals surface area contributed by atoms with Crippen LogP contribution in [0, 0.1) is 0 Å². The third kappa shape index (κ3) is 3.29. The van der Waals surface area contributed by atoms with Gasteiger partial charge < -0.3 is 4.74 Å². The molecule has 1 aromatic carbocycles. The van der Waals surface area contributed by atoms with Crippen LogP contribution in [0.4, 0.5) is 13.2 Å². The van der Waals surface area contributed by atoms with Gasteiger partial charge in [-0.2, -0.15) is 13.2 Å². The van der Waals surface area contributed by atoms with E-state index in [1.165, 1.54) is 17.2 Å². The zero-order valence-electron chi connectivity index (χ0n) is 13.8. The number of halogens is 3. The van der Waals surface area contributed by atoms with Gasteiger partial charge in [0.25, 0.3) is 0 Å². The van der Waals surface area contributed by atoms with E-state index in [9.17, 15) is 13.2 Å². The number of alkyl halides is 3. The van der Waals surface area contributed by atoms with Gasteiger partial charge in [-0.25, -0.2) is 4.98 Å². The Balaban J connectivity index is 1.48. The van der Waals surface area contributed by atoms with Crippen molar-refractivity contribution in [3.63, 3.8) is 0 Å². The fraction of sp³-hybridized carbons (Fsp3) is 0.190. The van der Waals surface area contributed by atoms with Gasteiger partial charge in [0, 0.05) is 18.2 Å². The number of ether oxygens (including phenoxy) is 1. The molecule has 132 valence electrons. The highest BCUT2D eigenvalue weighted by molar-refractivity contribution is 5.52. The van der Waals surface area contributed by atoms with E-state index in [1.807, 2.05) is 24.3 Å². The van der Waals surface area contributed by atoms with Gasteiger partial charge in [0.1, 0.15) is 5.75 Å². The monoisotopic (exact) mass is 355 g/mol. The highest BCUT2D eigenvalue weighted by atomic mass is 19.4. The Morgan fingerprint density at radius 2 is 1.81 bits per heavy atom. The molecule has 0 N–H and O–H groups in total. The van der Waals surface area contributed by atoms with Crippen LogP contribution in [0.5, 0.6) is 11.6 Å². The topological polar surface area (TPSA) is 22.1 Å². The summed E-state index contributed by atoms with van der Waals surface area (Å²) in [6, 6.07) is 9.77. The van der Waals surface area contributed by atoms with Crippen molar-refractivity contribution in [2.24, 2.45) is 0 Å². The van der Waals surface area contributed by atoms with Gasteiger partial charge in [0.2, 0.25) is 5.88 Å². The van der Waals surface area contributed by atoms with E-state index in [4.69, 9.17) is 4.74 Å². The molecule has 2 aromatic rings. The molecule has 0 fully saturated rings. The molecular formula is C21H16F3NO. The summed E-state index contributed by atoms with van der Waals surface area (Å²) in [6.45, 7) is 0. The summed E-state index contributed by atoms with van der Waals surface area (Å²) in [4.78, 5) is 3.72. The number of allylic oxidation sites excluding steroid dienone is 6. The average molecular weight is 355 g/mol. The van der Waals surface area contributed by atoms with Crippen molar-refractivity contribution in [1.82, 2.24) is 4.98 Å². The molecule has 2 aliphatic rings. The predicted octanol–water partition coefficient (Wildman–Crippen LogP) is 6.19. The van der Waals surface area contributed by atoms with Crippen LogP contribution in [0.3, 0.4) is 0 Å². The maximum atomic E-state index is 12.6. The Kier molecular flexibility index (Phi) is 4.15. The van der Waals surface area contributed by atoms with E-state index >= 15 is 0 Å². The largest absolute Gasteiger partial charge is 0.439 e. The molecule has 4 rings (SSSR count). The molecule has 0 saturated carbocycles. The molecule has 2 aliphatic carbocycles. The first-order valence-corrected chi connectivity index (χ1v) is 8.39. The van der Waals surface area contributed by atoms with Gasteiger partial charge >= 0.3 is 6.18 Å². The lowest BCUT2D eigenvalue weighted by atomic mass is 9.89. The molecule has 1 atom stereocenters. The van der Waals surface area contributed by atoms with Crippen LogP contribution >= 0.6 is 0 Å². The second-order valence-corrected chi connectivity index (χ2v) is 6.31. The molecule has 1 heterocycles. The standard InChI is InChI=1S/C21H16F3NO/c22-21(23,24)16-8-12-20(25-13-16)26-17-9-5-15(6-10-17)19-11-7-14-3-1-2-4-18(14)19/h2,4-13,19H,1,3H2. The Hall–Kier alpha value is -2.82. The van der Waals surface area contributed by atoms with E-state index in [0.29, 0.717) is 5.75 Å². The number of aromatic nitrogens is 1. The minimum atomic E-state index is -4.40. The average Bonchev–Trinajstić information content (AvgIpc) is 3.06. The molecule has 0 bridgehead atoms. The molecular weight excluding hydrogens is 339 g/mol. The third-order valence-electron chi connectivity index (χ3n) is 4.60. The highest BCUT2D eigenvalue weighted by Crippen LogP contribution is 2.39. The summed E-state index contributed by atoms with van der Waals surface area (Å²) in [5.74, 6) is 0.919. The second kappa shape index (κ2) is 6.48. The molecule has 0 saturated heterocycles. The van der Waals surface area contributed by atoms with Gasteiger partial charge in [0.15, 0.2) is 0 Å². The molecule has 1 aromatic heterocycles. The smallest absolute Gasteiger partial charge is 0.417 e. The molecule has 5 heteroatoms. The van der Waals surface area contributed by atoms with Gasteiger partial charge in [-0.05, 0) is 47.8 Å². The Bertz CT molecular complexity index is 890. The number of rotatable bonds is 3. The van der Waals surface area contributed by atoms with E-state index in [0.717, 1.165) is 30.7 Å². The third-order valence-corrected chi connectivity index (χ3v) is 4.60. The second-order valence-electron chi connectivity index (χ2n) is 6.31. The number of benzene rings is 1. The van der Waals surface area contributed by atoms with Crippen molar-refractivity contribution >= 4 is 0 Å². The molecule has 0 radical (unpaired) electrons. The first kappa shape index (κ1) is 16.6. The van der Waals surface area contributed by atoms with Crippen LogP contribution in [0.1, 0.15) is 29.9 Å². The van der Waals surface area contributed by atoms with Crippen LogP contribution < -0.4 is 4.74 Å². The lowest BCUT2D eigenvalue weighted by Gasteiger charge is -2.16. The molecule has 0 aliphatic heterocycles. The maximum Gasteiger partial charge on any atom is 0.417 e. The van der Waals surface area contributed by atoms with Crippen LogP contribution in [0.25, 0.3) is 0 Å². The van der Waals surface area contributed by atoms with E-state index in [2.05, 4.69) is 29.3 Å². The minimum absolute atomic E-state index is 0.131. The van der Waals surface area contributed by atoms with Crippen LogP contribution in [-0.2, 0) is 6.18 Å². The fourth-order valence-corrected chi connectivity index (χ4v) is 3.26. The fourth-order valence-electron chi connectivity index (χ4n) is 3.26. The van der Waals surface area contributed by atoms with Crippen LogP contribution in [0.2, 0.25) is 0 Å². The Morgan fingerprint density at radius 1 is 1.00 bits per heavy atom. The van der Waals surface area contributed by atoms with Gasteiger partial charge in [-0.1, -0.05) is 36.4 Å². The van der Waals surface area contributed by atoms with Crippen molar-refractivity contribution in [2.45, 2.75) is 24.9 Å². The number of nitrogens with zero attached hydrogens (tertiary/aromatic N) is 1. The first-order chi connectivity index (χ1) is 12.5. The normalized spacial score (nSPS) is 19.0. The van der Waals surface area contributed by atoms with Crippen molar-refractivity contribution in [3.05, 3.63) is 89.2 Å². The predicted molar refractivity (Wildman–Crippen MR) is 93.0 cm³/mol. The van der Waals surface area contributed by atoms with Gasteiger partial charge in [0.05, 0.1) is 5.56 Å². The minimum Gasteiger partial charge on any atom is -0.439 e. The molecule has 0 amide bonds. The van der Waals surface area contributed by atoms with E-state index in [-0.39, 0.29) is 11.8 Å². The van der Waals surface area contributed by atoms with E-state index < -0.39 is 11.7 Å². The summed E-state index contributed by atoms with van der Waals surface area (Å²) in [7, 11) is 0. The number of pyridine rings is 1. The quantitative estimate of drug-likeness (QED) is 0.655. The van der Waals surface area contributed by atoms with Crippen molar-refractivity contribution in [2.75, 3.05) is 0 Å².